The number of para-hydroxylation sites is 3. The van der Waals surface area contributed by atoms with E-state index in [0.29, 0.717) is 0 Å². The summed E-state index contributed by atoms with van der Waals surface area (Å²) in [5, 5.41) is 5.02. The van der Waals surface area contributed by atoms with E-state index in [9.17, 15) is 0 Å². The van der Waals surface area contributed by atoms with Gasteiger partial charge in [0.1, 0.15) is 0 Å². The average molecular weight is 637 g/mol. The molecule has 0 aliphatic rings. The molecule has 2 nitrogen and oxygen atoms in total. The lowest BCUT2D eigenvalue weighted by Crippen LogP contribution is -1.94. The zero-order valence-electron chi connectivity index (χ0n) is 27.4. The Morgan fingerprint density at radius 1 is 0.280 bits per heavy atom. The van der Waals surface area contributed by atoms with E-state index in [-0.39, 0.29) is 0 Å². The van der Waals surface area contributed by atoms with Gasteiger partial charge in [-0.3, -0.25) is 0 Å². The summed E-state index contributed by atoms with van der Waals surface area (Å²) in [5.41, 5.74) is 14.5. The van der Waals surface area contributed by atoms with Crippen molar-refractivity contribution in [1.29, 1.82) is 0 Å². The van der Waals surface area contributed by atoms with Crippen molar-refractivity contribution in [2.24, 2.45) is 0 Å². The molecular weight excluding hydrogens is 605 g/mol. The fourth-order valence-corrected chi connectivity index (χ4v) is 7.92. The first-order chi connectivity index (χ1) is 24.8. The van der Waals surface area contributed by atoms with Crippen molar-refractivity contribution >= 4 is 43.6 Å². The van der Waals surface area contributed by atoms with Gasteiger partial charge in [-0.2, -0.15) is 0 Å². The highest BCUT2D eigenvalue weighted by molar-refractivity contribution is 6.19. The van der Waals surface area contributed by atoms with Gasteiger partial charge in [0.25, 0.3) is 0 Å². The summed E-state index contributed by atoms with van der Waals surface area (Å²) in [6, 6.07) is 70.4. The molecule has 0 atom stereocenters. The van der Waals surface area contributed by atoms with E-state index in [0.717, 1.165) is 5.69 Å². The Bertz CT molecular complexity index is 2830. The highest BCUT2D eigenvalue weighted by atomic mass is 15.0. The van der Waals surface area contributed by atoms with Crippen LogP contribution in [-0.2, 0) is 0 Å². The molecule has 10 aromatic rings. The van der Waals surface area contributed by atoms with Gasteiger partial charge in [0.15, 0.2) is 0 Å². The topological polar surface area (TPSA) is 9.86 Å². The van der Waals surface area contributed by atoms with Crippen molar-refractivity contribution in [3.05, 3.63) is 194 Å². The molecule has 50 heavy (non-hydrogen) atoms. The van der Waals surface area contributed by atoms with Crippen LogP contribution in [0.25, 0.3) is 88.4 Å². The third-order valence-electron chi connectivity index (χ3n) is 10.1. The van der Waals surface area contributed by atoms with Crippen LogP contribution in [0.1, 0.15) is 0 Å². The Morgan fingerprint density at radius 3 is 1.38 bits per heavy atom. The van der Waals surface area contributed by atoms with Crippen LogP contribution in [0.2, 0.25) is 0 Å². The van der Waals surface area contributed by atoms with Crippen LogP contribution >= 0.6 is 0 Å². The van der Waals surface area contributed by atoms with Gasteiger partial charge < -0.3 is 9.13 Å². The lowest BCUT2D eigenvalue weighted by Gasteiger charge is -2.14. The van der Waals surface area contributed by atoms with Crippen LogP contribution in [0.3, 0.4) is 0 Å². The minimum absolute atomic E-state index is 1.15. The summed E-state index contributed by atoms with van der Waals surface area (Å²) in [6.45, 7) is 0. The van der Waals surface area contributed by atoms with Crippen LogP contribution in [0.15, 0.2) is 194 Å². The van der Waals surface area contributed by atoms with E-state index in [1.165, 1.54) is 82.7 Å². The highest BCUT2D eigenvalue weighted by Crippen LogP contribution is 2.45. The molecule has 0 amide bonds. The first kappa shape index (κ1) is 28.4. The molecule has 10 rings (SSSR count). The molecule has 0 bridgehead atoms. The SMILES string of the molecule is c1ccc(-c2ccc3c(c2-c2ccccc2)c2cc(-c4ccc5c(c4)c4ccccc4n5-c4ccccc4)ccc2n3-c2ccccc2)cc1. The Kier molecular flexibility index (Phi) is 6.53. The second kappa shape index (κ2) is 11.5. The van der Waals surface area contributed by atoms with Crippen LogP contribution < -0.4 is 0 Å². The van der Waals surface area contributed by atoms with Gasteiger partial charge in [-0.05, 0) is 94.0 Å². The molecule has 2 heterocycles. The van der Waals surface area contributed by atoms with Crippen LogP contribution in [0, 0.1) is 0 Å². The van der Waals surface area contributed by atoms with Gasteiger partial charge in [0.05, 0.1) is 22.1 Å². The molecule has 8 aromatic carbocycles. The van der Waals surface area contributed by atoms with Gasteiger partial charge in [-0.25, -0.2) is 0 Å². The first-order valence-electron chi connectivity index (χ1n) is 17.2. The molecule has 0 unspecified atom stereocenters. The smallest absolute Gasteiger partial charge is 0.0547 e. The lowest BCUT2D eigenvalue weighted by atomic mass is 9.90. The fraction of sp³-hybridized carbons (Fsp3) is 0. The molecule has 0 saturated heterocycles. The summed E-state index contributed by atoms with van der Waals surface area (Å²) < 4.78 is 4.80. The van der Waals surface area contributed by atoms with Crippen molar-refractivity contribution < 1.29 is 0 Å². The largest absolute Gasteiger partial charge is 0.309 e. The minimum atomic E-state index is 1.15. The van der Waals surface area contributed by atoms with Crippen LogP contribution in [-0.4, -0.2) is 9.13 Å². The second-order valence-electron chi connectivity index (χ2n) is 12.9. The zero-order chi connectivity index (χ0) is 33.0. The van der Waals surface area contributed by atoms with E-state index in [2.05, 4.69) is 203 Å². The Balaban J connectivity index is 1.27. The van der Waals surface area contributed by atoms with Crippen molar-refractivity contribution in [3.8, 4) is 44.8 Å². The van der Waals surface area contributed by atoms with Crippen molar-refractivity contribution in [2.45, 2.75) is 0 Å². The normalized spacial score (nSPS) is 11.6. The molecular formula is C48H32N2. The molecule has 0 fully saturated rings. The predicted octanol–water partition coefficient (Wildman–Crippen LogP) is 12.9. The summed E-state index contributed by atoms with van der Waals surface area (Å²) in [5.74, 6) is 0. The third-order valence-corrected chi connectivity index (χ3v) is 10.1. The van der Waals surface area contributed by atoms with Gasteiger partial charge in [0.2, 0.25) is 0 Å². The van der Waals surface area contributed by atoms with Crippen molar-refractivity contribution in [3.63, 3.8) is 0 Å². The number of nitrogens with zero attached hydrogens (tertiary/aromatic N) is 2. The van der Waals surface area contributed by atoms with Crippen molar-refractivity contribution in [1.82, 2.24) is 9.13 Å². The number of rotatable bonds is 5. The van der Waals surface area contributed by atoms with E-state index >= 15 is 0 Å². The van der Waals surface area contributed by atoms with Crippen LogP contribution in [0.4, 0.5) is 0 Å². The number of hydrogen-bond acceptors (Lipinski definition) is 0. The summed E-state index contributed by atoms with van der Waals surface area (Å²) >= 11 is 0. The van der Waals surface area contributed by atoms with E-state index in [4.69, 9.17) is 0 Å². The number of fused-ring (bicyclic) bond motifs is 6. The quantitative estimate of drug-likeness (QED) is 0.178. The third kappa shape index (κ3) is 4.43. The van der Waals surface area contributed by atoms with Gasteiger partial charge in [-0.1, -0.05) is 133 Å². The summed E-state index contributed by atoms with van der Waals surface area (Å²) in [7, 11) is 0. The first-order valence-corrected chi connectivity index (χ1v) is 17.2. The number of benzene rings is 8. The Hall–Kier alpha value is -6.64. The molecule has 2 heteroatoms. The van der Waals surface area contributed by atoms with E-state index < -0.39 is 0 Å². The van der Waals surface area contributed by atoms with Crippen LogP contribution in [0.5, 0.6) is 0 Å². The number of aromatic nitrogens is 2. The molecule has 0 N–H and O–H groups in total. The van der Waals surface area contributed by atoms with Gasteiger partial charge in [-0.15, -0.1) is 0 Å². The lowest BCUT2D eigenvalue weighted by molar-refractivity contribution is 1.18. The maximum Gasteiger partial charge on any atom is 0.0547 e. The monoisotopic (exact) mass is 636 g/mol. The van der Waals surface area contributed by atoms with E-state index in [1.54, 1.807) is 0 Å². The molecule has 0 saturated carbocycles. The molecule has 2 aromatic heterocycles. The van der Waals surface area contributed by atoms with Gasteiger partial charge in [0, 0.05) is 32.9 Å². The molecule has 0 radical (unpaired) electrons. The van der Waals surface area contributed by atoms with E-state index in [1.807, 2.05) is 0 Å². The highest BCUT2D eigenvalue weighted by Gasteiger charge is 2.21. The molecule has 234 valence electrons. The van der Waals surface area contributed by atoms with Crippen molar-refractivity contribution in [2.75, 3.05) is 0 Å². The minimum Gasteiger partial charge on any atom is -0.309 e. The molecule has 0 spiro atoms. The zero-order valence-corrected chi connectivity index (χ0v) is 27.4. The fourth-order valence-electron chi connectivity index (χ4n) is 7.92. The Labute approximate surface area is 290 Å². The molecule has 0 aliphatic heterocycles. The summed E-state index contributed by atoms with van der Waals surface area (Å²) in [4.78, 5) is 0. The summed E-state index contributed by atoms with van der Waals surface area (Å²) in [6.07, 6.45) is 0. The average Bonchev–Trinajstić information content (AvgIpc) is 3.71. The molecule has 0 aliphatic carbocycles. The predicted molar refractivity (Wildman–Crippen MR) is 211 cm³/mol. The second-order valence-corrected chi connectivity index (χ2v) is 12.9. The maximum atomic E-state index is 2.42. The maximum absolute atomic E-state index is 2.42. The van der Waals surface area contributed by atoms with Gasteiger partial charge >= 0.3 is 0 Å². The Morgan fingerprint density at radius 2 is 0.740 bits per heavy atom. The standard InChI is InChI=1S/C48H32N2/c1-5-15-33(16-6-1)39-27-30-46-48(47(39)34-17-7-2-8-18-34)42-32-36(26-29-45(42)50(46)38-21-11-4-12-22-38)35-25-28-44-41(31-35)40-23-13-14-24-43(40)49(44)37-19-9-3-10-20-37/h1-32H. The number of hydrogen-bond donors (Lipinski definition) is 0.